The molecule has 4 rings (SSSR count). The topological polar surface area (TPSA) is 103 Å². The van der Waals surface area contributed by atoms with Gasteiger partial charge in [-0.1, -0.05) is 41.6 Å². The molecule has 1 atom stereocenters. The van der Waals surface area contributed by atoms with E-state index in [-0.39, 0.29) is 16.8 Å². The number of nitrogens with two attached hydrogens (primary N) is 1. The van der Waals surface area contributed by atoms with Crippen LogP contribution in [0.5, 0.6) is 0 Å². The van der Waals surface area contributed by atoms with Crippen molar-refractivity contribution in [1.82, 2.24) is 24.5 Å². The summed E-state index contributed by atoms with van der Waals surface area (Å²) in [6.45, 7) is 3.82. The van der Waals surface area contributed by atoms with E-state index < -0.39 is 0 Å². The molecule has 8 nitrogen and oxygen atoms in total. The van der Waals surface area contributed by atoms with E-state index in [0.717, 1.165) is 5.56 Å². The Morgan fingerprint density at radius 2 is 1.81 bits per heavy atom. The number of nitrogens with zero attached hydrogens (tertiary/aromatic N) is 6. The van der Waals surface area contributed by atoms with Crippen LogP contribution in [-0.4, -0.2) is 38.6 Å². The Hall–Kier alpha value is -3.17. The van der Waals surface area contributed by atoms with Crippen molar-refractivity contribution < 1.29 is 0 Å². The molecule has 0 bridgehead atoms. The SMILES string of the molecule is Cc1c(Cl)cccc1-n1c(SC(C)c2nc(N)nc(N(C)C)n2)nc2ccccc2c1=O. The van der Waals surface area contributed by atoms with Crippen LogP contribution in [0.1, 0.15) is 23.6 Å². The van der Waals surface area contributed by atoms with E-state index in [9.17, 15) is 4.79 Å². The first-order chi connectivity index (χ1) is 15.3. The molecule has 0 saturated heterocycles. The fraction of sp³-hybridized carbons (Fsp3) is 0.227. The molecule has 0 saturated carbocycles. The van der Waals surface area contributed by atoms with Gasteiger partial charge in [0, 0.05) is 19.1 Å². The van der Waals surface area contributed by atoms with Crippen molar-refractivity contribution >= 4 is 46.2 Å². The van der Waals surface area contributed by atoms with Crippen molar-refractivity contribution in [2.45, 2.75) is 24.3 Å². The predicted molar refractivity (Wildman–Crippen MR) is 130 cm³/mol. The number of aromatic nitrogens is 5. The Balaban J connectivity index is 1.89. The van der Waals surface area contributed by atoms with Gasteiger partial charge in [0.05, 0.1) is 21.8 Å². The molecule has 2 aromatic heterocycles. The summed E-state index contributed by atoms with van der Waals surface area (Å²) in [5.41, 5.74) is 7.83. The van der Waals surface area contributed by atoms with Crippen LogP contribution in [0.25, 0.3) is 16.6 Å². The minimum atomic E-state index is -0.252. The lowest BCUT2D eigenvalue weighted by Crippen LogP contribution is -2.23. The predicted octanol–water partition coefficient (Wildman–Crippen LogP) is 4.03. The Bertz CT molecular complexity index is 1370. The van der Waals surface area contributed by atoms with Crippen LogP contribution in [0.4, 0.5) is 11.9 Å². The third-order valence-electron chi connectivity index (χ3n) is 4.93. The Morgan fingerprint density at radius 3 is 2.56 bits per heavy atom. The molecule has 4 aromatic rings. The maximum absolute atomic E-state index is 13.5. The monoisotopic (exact) mass is 467 g/mol. The second-order valence-corrected chi connectivity index (χ2v) is 9.16. The van der Waals surface area contributed by atoms with E-state index >= 15 is 0 Å². The van der Waals surface area contributed by atoms with Crippen LogP contribution in [-0.2, 0) is 0 Å². The highest BCUT2D eigenvalue weighted by Crippen LogP contribution is 2.35. The Kier molecular flexibility index (Phi) is 6.03. The minimum Gasteiger partial charge on any atom is -0.368 e. The van der Waals surface area contributed by atoms with E-state index in [1.54, 1.807) is 21.6 Å². The minimum absolute atomic E-state index is 0.140. The van der Waals surface area contributed by atoms with E-state index in [1.807, 2.05) is 58.3 Å². The lowest BCUT2D eigenvalue weighted by atomic mass is 10.2. The van der Waals surface area contributed by atoms with Gasteiger partial charge in [-0.2, -0.15) is 15.0 Å². The summed E-state index contributed by atoms with van der Waals surface area (Å²) in [6, 6.07) is 12.8. The highest BCUT2D eigenvalue weighted by molar-refractivity contribution is 7.99. The van der Waals surface area contributed by atoms with Crippen LogP contribution < -0.4 is 16.2 Å². The van der Waals surface area contributed by atoms with Gasteiger partial charge < -0.3 is 10.6 Å². The summed E-state index contributed by atoms with van der Waals surface area (Å²) < 4.78 is 1.60. The van der Waals surface area contributed by atoms with Crippen molar-refractivity contribution in [2.24, 2.45) is 0 Å². The molecule has 1 unspecified atom stereocenters. The van der Waals surface area contributed by atoms with Crippen LogP contribution in [0.2, 0.25) is 5.02 Å². The zero-order valence-electron chi connectivity index (χ0n) is 18.1. The molecular formula is C22H22ClN7OS. The molecule has 0 radical (unpaired) electrons. The quantitative estimate of drug-likeness (QED) is 0.346. The Labute approximate surface area is 194 Å². The third-order valence-corrected chi connectivity index (χ3v) is 6.39. The second-order valence-electron chi connectivity index (χ2n) is 7.44. The lowest BCUT2D eigenvalue weighted by Gasteiger charge is -2.18. The van der Waals surface area contributed by atoms with Crippen LogP contribution >= 0.6 is 23.4 Å². The van der Waals surface area contributed by atoms with Gasteiger partial charge >= 0.3 is 0 Å². The molecule has 2 heterocycles. The summed E-state index contributed by atoms with van der Waals surface area (Å²) in [7, 11) is 3.67. The molecule has 0 amide bonds. The molecule has 0 aliphatic heterocycles. The van der Waals surface area contributed by atoms with Crippen molar-refractivity contribution in [3.05, 3.63) is 69.2 Å². The maximum atomic E-state index is 13.5. The number of rotatable bonds is 5. The van der Waals surface area contributed by atoms with E-state index in [0.29, 0.717) is 38.5 Å². The van der Waals surface area contributed by atoms with Gasteiger partial charge in [-0.15, -0.1) is 0 Å². The van der Waals surface area contributed by atoms with Gasteiger partial charge in [-0.05, 0) is 43.7 Å². The third kappa shape index (κ3) is 4.13. The van der Waals surface area contributed by atoms with Crippen molar-refractivity contribution in [1.29, 1.82) is 0 Å². The van der Waals surface area contributed by atoms with Crippen molar-refractivity contribution in [3.8, 4) is 5.69 Å². The number of para-hydroxylation sites is 1. The standard InChI is InChI=1S/C22H22ClN7OS/c1-12-15(23)9-7-11-17(12)30-19(31)14-8-5-6-10-16(14)25-22(30)32-13(2)18-26-20(24)28-21(27-18)29(3)4/h5-11,13H,1-4H3,(H2,24,26,27,28). The number of benzene rings is 2. The molecule has 0 spiro atoms. The molecule has 32 heavy (non-hydrogen) atoms. The number of fused-ring (bicyclic) bond motifs is 1. The van der Waals surface area contributed by atoms with E-state index in [1.165, 1.54) is 11.8 Å². The van der Waals surface area contributed by atoms with Gasteiger partial charge in [-0.25, -0.2) is 4.98 Å². The van der Waals surface area contributed by atoms with Crippen molar-refractivity contribution in [2.75, 3.05) is 24.7 Å². The molecule has 164 valence electrons. The highest BCUT2D eigenvalue weighted by atomic mass is 35.5. The molecule has 0 aliphatic rings. The molecular weight excluding hydrogens is 446 g/mol. The first-order valence-corrected chi connectivity index (χ1v) is 11.1. The first kappa shape index (κ1) is 22.0. The maximum Gasteiger partial charge on any atom is 0.266 e. The molecule has 0 aliphatic carbocycles. The lowest BCUT2D eigenvalue weighted by molar-refractivity contribution is 0.802. The average Bonchev–Trinajstić information content (AvgIpc) is 2.76. The molecule has 2 N–H and O–H groups in total. The fourth-order valence-corrected chi connectivity index (χ4v) is 4.37. The number of hydrogen-bond donors (Lipinski definition) is 1. The summed E-state index contributed by atoms with van der Waals surface area (Å²) in [5, 5.41) is 1.37. The summed E-state index contributed by atoms with van der Waals surface area (Å²) in [6.07, 6.45) is 0. The number of thioether (sulfide) groups is 1. The normalized spacial score (nSPS) is 12.2. The van der Waals surface area contributed by atoms with E-state index in [2.05, 4.69) is 15.0 Å². The fourth-order valence-electron chi connectivity index (χ4n) is 3.23. The summed E-state index contributed by atoms with van der Waals surface area (Å²) in [4.78, 5) is 33.1. The van der Waals surface area contributed by atoms with Crippen molar-refractivity contribution in [3.63, 3.8) is 0 Å². The van der Waals surface area contributed by atoms with E-state index in [4.69, 9.17) is 22.3 Å². The van der Waals surface area contributed by atoms with Gasteiger partial charge in [0.25, 0.3) is 5.56 Å². The number of nitrogen functional groups attached to an aromatic ring is 1. The van der Waals surface area contributed by atoms with Gasteiger partial charge in [-0.3, -0.25) is 9.36 Å². The molecule has 10 heteroatoms. The second kappa shape index (κ2) is 8.76. The van der Waals surface area contributed by atoms with Gasteiger partial charge in [0.2, 0.25) is 11.9 Å². The highest BCUT2D eigenvalue weighted by Gasteiger charge is 2.21. The van der Waals surface area contributed by atoms with Crippen LogP contribution in [0, 0.1) is 6.92 Å². The number of halogens is 1. The van der Waals surface area contributed by atoms with Crippen LogP contribution in [0.15, 0.2) is 52.4 Å². The summed E-state index contributed by atoms with van der Waals surface area (Å²) in [5.74, 6) is 1.11. The smallest absolute Gasteiger partial charge is 0.266 e. The number of anilines is 2. The summed E-state index contributed by atoms with van der Waals surface area (Å²) >= 11 is 7.74. The largest absolute Gasteiger partial charge is 0.368 e. The van der Waals surface area contributed by atoms with Gasteiger partial charge in [0.1, 0.15) is 5.82 Å². The zero-order valence-corrected chi connectivity index (χ0v) is 19.6. The first-order valence-electron chi connectivity index (χ1n) is 9.89. The van der Waals surface area contributed by atoms with Crippen LogP contribution in [0.3, 0.4) is 0 Å². The molecule has 0 fully saturated rings. The molecule has 2 aromatic carbocycles. The zero-order chi connectivity index (χ0) is 23.0. The Morgan fingerprint density at radius 1 is 1.06 bits per heavy atom. The average molecular weight is 468 g/mol. The van der Waals surface area contributed by atoms with Gasteiger partial charge in [0.15, 0.2) is 5.16 Å². The number of hydrogen-bond acceptors (Lipinski definition) is 8.